The summed E-state index contributed by atoms with van der Waals surface area (Å²) in [5.74, 6) is -1.78. The third kappa shape index (κ3) is 5.80. The van der Waals surface area contributed by atoms with Crippen molar-refractivity contribution in [1.82, 2.24) is 30.0 Å². The summed E-state index contributed by atoms with van der Waals surface area (Å²) in [5, 5.41) is 18.2. The monoisotopic (exact) mass is 630 g/mol. The highest BCUT2D eigenvalue weighted by atomic mass is 16.5. The van der Waals surface area contributed by atoms with E-state index in [0.717, 1.165) is 30.5 Å². The van der Waals surface area contributed by atoms with E-state index >= 15 is 0 Å². The standard InChI is InChI=1S/C34H42N6O6/c1-19(2)26-13-15-40(38-26)33-35-28-20(3)27(45-5)12-11-23(28)30(36-33)46-22-16-24-25(17-22)31(42)39(4)14-9-7-6-8-10-21-18-34(21,32(43)44)37-29(24)41/h8,10-13,15,19,21-22,24-25H,6-7,9,14,16-18H2,1-5H3,(H,37,41)(H,43,44)/b10-8-/t21-,22-,24-,25-,34-/m1/s1. The number of amides is 2. The lowest BCUT2D eigenvalue weighted by Gasteiger charge is -2.26. The summed E-state index contributed by atoms with van der Waals surface area (Å²) >= 11 is 0. The normalized spacial score (nSPS) is 27.5. The summed E-state index contributed by atoms with van der Waals surface area (Å²) in [4.78, 5) is 51.2. The first-order valence-electron chi connectivity index (χ1n) is 16.1. The number of rotatable bonds is 6. The Bertz CT molecular complexity index is 1700. The average Bonchev–Trinajstić information content (AvgIpc) is 3.33. The van der Waals surface area contributed by atoms with Crippen LogP contribution in [-0.2, 0) is 14.4 Å². The van der Waals surface area contributed by atoms with Crippen LogP contribution in [0.1, 0.15) is 69.5 Å². The fourth-order valence-electron chi connectivity index (χ4n) is 6.79. The van der Waals surface area contributed by atoms with E-state index in [9.17, 15) is 19.5 Å². The third-order valence-electron chi connectivity index (χ3n) is 9.70. The van der Waals surface area contributed by atoms with E-state index in [1.807, 2.05) is 43.5 Å². The van der Waals surface area contributed by atoms with E-state index in [2.05, 4.69) is 24.3 Å². The van der Waals surface area contributed by atoms with E-state index in [1.54, 1.807) is 23.7 Å². The summed E-state index contributed by atoms with van der Waals surface area (Å²) in [6.45, 7) is 6.62. The number of aliphatic carboxylic acids is 1. The molecule has 3 aliphatic rings. The highest BCUT2D eigenvalue weighted by Gasteiger charge is 2.61. The summed E-state index contributed by atoms with van der Waals surface area (Å²) in [5.41, 5.74) is 1.00. The molecule has 2 aliphatic carbocycles. The van der Waals surface area contributed by atoms with Crippen molar-refractivity contribution in [3.63, 3.8) is 0 Å². The van der Waals surface area contributed by atoms with Gasteiger partial charge in [0.1, 0.15) is 17.4 Å². The molecule has 2 saturated carbocycles. The Labute approximate surface area is 268 Å². The number of aromatic nitrogens is 4. The fourth-order valence-corrected chi connectivity index (χ4v) is 6.79. The second kappa shape index (κ2) is 12.4. The van der Waals surface area contributed by atoms with E-state index in [1.165, 1.54) is 0 Å². The zero-order valence-corrected chi connectivity index (χ0v) is 27.0. The number of aryl methyl sites for hydroxylation is 1. The second-order valence-corrected chi connectivity index (χ2v) is 13.1. The Kier molecular flexibility index (Phi) is 8.47. The molecular formula is C34H42N6O6. The number of fused-ring (bicyclic) bond motifs is 3. The highest BCUT2D eigenvalue weighted by Crippen LogP contribution is 2.46. The van der Waals surface area contributed by atoms with Gasteiger partial charge in [0, 0.05) is 31.3 Å². The summed E-state index contributed by atoms with van der Waals surface area (Å²) < 4.78 is 13.8. The van der Waals surface area contributed by atoms with Gasteiger partial charge in [-0.15, -0.1) is 0 Å². The molecule has 0 radical (unpaired) electrons. The first kappa shape index (κ1) is 31.5. The highest BCUT2D eigenvalue weighted by molar-refractivity contribution is 5.94. The molecule has 0 spiro atoms. The minimum atomic E-state index is -1.34. The summed E-state index contributed by atoms with van der Waals surface area (Å²) in [6, 6.07) is 5.61. The number of carbonyl (C=O) groups is 3. The Balaban J connectivity index is 1.35. The molecule has 2 amide bonds. The Morgan fingerprint density at radius 2 is 1.91 bits per heavy atom. The molecule has 12 nitrogen and oxygen atoms in total. The number of nitrogens with one attached hydrogen (secondary N) is 1. The quantitative estimate of drug-likeness (QED) is 0.383. The maximum absolute atomic E-state index is 13.8. The molecule has 0 bridgehead atoms. The van der Waals surface area contributed by atoms with Gasteiger partial charge in [-0.1, -0.05) is 26.0 Å². The van der Waals surface area contributed by atoms with Crippen LogP contribution in [-0.4, -0.2) is 79.9 Å². The molecule has 3 heterocycles. The van der Waals surface area contributed by atoms with Gasteiger partial charge >= 0.3 is 5.97 Å². The number of hydrogen-bond donors (Lipinski definition) is 2. The molecule has 12 heteroatoms. The second-order valence-electron chi connectivity index (χ2n) is 13.1. The molecule has 2 N–H and O–H groups in total. The fraction of sp³-hybridized carbons (Fsp3) is 0.529. The number of allylic oxidation sites excluding steroid dienone is 1. The van der Waals surface area contributed by atoms with Gasteiger partial charge in [-0.25, -0.2) is 14.5 Å². The molecule has 0 saturated heterocycles. The first-order valence-corrected chi connectivity index (χ1v) is 16.1. The van der Waals surface area contributed by atoms with Crippen molar-refractivity contribution in [3.05, 3.63) is 47.8 Å². The maximum atomic E-state index is 13.8. The number of methoxy groups -OCH3 is 1. The van der Waals surface area contributed by atoms with Gasteiger partial charge in [-0.3, -0.25) is 9.59 Å². The van der Waals surface area contributed by atoms with Crippen LogP contribution in [0.2, 0.25) is 0 Å². The molecule has 244 valence electrons. The molecule has 1 aliphatic heterocycles. The number of carbonyl (C=O) groups excluding carboxylic acids is 2. The molecular weight excluding hydrogens is 588 g/mol. The molecule has 2 aromatic heterocycles. The van der Waals surface area contributed by atoms with Gasteiger partial charge in [-0.05, 0) is 69.6 Å². The van der Waals surface area contributed by atoms with Crippen molar-refractivity contribution in [3.8, 4) is 17.6 Å². The van der Waals surface area contributed by atoms with E-state index < -0.39 is 35.4 Å². The van der Waals surface area contributed by atoms with Crippen LogP contribution >= 0.6 is 0 Å². The molecule has 3 aromatic rings. The van der Waals surface area contributed by atoms with Crippen molar-refractivity contribution in [2.24, 2.45) is 17.8 Å². The van der Waals surface area contributed by atoms with Gasteiger partial charge < -0.3 is 24.8 Å². The van der Waals surface area contributed by atoms with Crippen LogP contribution in [0.5, 0.6) is 11.6 Å². The van der Waals surface area contributed by atoms with Crippen LogP contribution in [0.25, 0.3) is 16.9 Å². The first-order chi connectivity index (χ1) is 22.0. The molecule has 46 heavy (non-hydrogen) atoms. The van der Waals surface area contributed by atoms with Gasteiger partial charge in [0.2, 0.25) is 17.7 Å². The van der Waals surface area contributed by atoms with Crippen molar-refractivity contribution in [2.45, 2.75) is 76.9 Å². The Hall–Kier alpha value is -4.48. The Morgan fingerprint density at radius 1 is 1.13 bits per heavy atom. The minimum Gasteiger partial charge on any atom is -0.496 e. The number of ether oxygens (including phenoxy) is 2. The van der Waals surface area contributed by atoms with Crippen LogP contribution in [0, 0.1) is 24.7 Å². The number of hydrogen-bond acceptors (Lipinski definition) is 8. The predicted molar refractivity (Wildman–Crippen MR) is 170 cm³/mol. The summed E-state index contributed by atoms with van der Waals surface area (Å²) in [7, 11) is 3.37. The van der Waals surface area contributed by atoms with Gasteiger partial charge in [0.25, 0.3) is 5.95 Å². The number of carboxylic acids is 1. The molecule has 1 aromatic carbocycles. The molecule has 2 fully saturated rings. The van der Waals surface area contributed by atoms with Gasteiger partial charge in [0.15, 0.2) is 0 Å². The van der Waals surface area contributed by atoms with Gasteiger partial charge in [-0.2, -0.15) is 10.1 Å². The van der Waals surface area contributed by atoms with Crippen molar-refractivity contribution in [2.75, 3.05) is 20.7 Å². The van der Waals surface area contributed by atoms with Crippen LogP contribution in [0.3, 0.4) is 0 Å². The van der Waals surface area contributed by atoms with Gasteiger partial charge in [0.05, 0.1) is 35.5 Å². The van der Waals surface area contributed by atoms with Crippen molar-refractivity contribution in [1.29, 1.82) is 0 Å². The lowest BCUT2D eigenvalue weighted by Crippen LogP contribution is -2.49. The van der Waals surface area contributed by atoms with Crippen LogP contribution in [0.4, 0.5) is 0 Å². The summed E-state index contributed by atoms with van der Waals surface area (Å²) in [6.07, 6.45) is 8.54. The topological polar surface area (TPSA) is 149 Å². The lowest BCUT2D eigenvalue weighted by molar-refractivity contribution is -0.145. The zero-order chi connectivity index (χ0) is 32.7. The molecule has 0 unspecified atom stereocenters. The number of benzene rings is 1. The minimum absolute atomic E-state index is 0.137. The van der Waals surface area contributed by atoms with E-state index in [0.29, 0.717) is 47.9 Å². The average molecular weight is 631 g/mol. The van der Waals surface area contributed by atoms with Crippen molar-refractivity contribution < 1.29 is 29.0 Å². The van der Waals surface area contributed by atoms with Crippen molar-refractivity contribution >= 4 is 28.7 Å². The SMILES string of the molecule is COc1ccc2c(O[C@@H]3C[C@H]4C(=O)N[C@]5(C(=O)O)C[C@H]5/C=C\CCCCN(C)C(=O)[C@@H]4C3)nc(-n3ccc(C(C)C)n3)nc2c1C. The van der Waals surface area contributed by atoms with E-state index in [4.69, 9.17) is 19.4 Å². The van der Waals surface area contributed by atoms with E-state index in [-0.39, 0.29) is 24.2 Å². The number of carboxylic acid groups (broad SMARTS) is 1. The van der Waals surface area contributed by atoms with Crippen LogP contribution in [0.15, 0.2) is 36.5 Å². The van der Waals surface area contributed by atoms with Crippen LogP contribution < -0.4 is 14.8 Å². The largest absolute Gasteiger partial charge is 0.496 e. The predicted octanol–water partition coefficient (Wildman–Crippen LogP) is 4.19. The zero-order valence-electron chi connectivity index (χ0n) is 27.0. The smallest absolute Gasteiger partial charge is 0.330 e. The Morgan fingerprint density at radius 3 is 2.63 bits per heavy atom. The lowest BCUT2D eigenvalue weighted by atomic mass is 9.93. The molecule has 5 atom stereocenters. The molecule has 6 rings (SSSR count). The number of nitrogens with zero attached hydrogens (tertiary/aromatic N) is 5. The maximum Gasteiger partial charge on any atom is 0.330 e. The third-order valence-corrected chi connectivity index (χ3v) is 9.70.